The zero-order valence-electron chi connectivity index (χ0n) is 35.9. The van der Waals surface area contributed by atoms with Crippen molar-refractivity contribution in [2.45, 2.75) is 5.41 Å². The fourth-order valence-corrected chi connectivity index (χ4v) is 11.2. The van der Waals surface area contributed by atoms with Crippen molar-refractivity contribution in [2.75, 3.05) is 9.80 Å². The van der Waals surface area contributed by atoms with Gasteiger partial charge >= 0.3 is 0 Å². The van der Waals surface area contributed by atoms with Crippen molar-refractivity contribution in [3.63, 3.8) is 0 Å². The number of rotatable bonds is 7. The average Bonchev–Trinajstić information content (AvgIpc) is 3.95. The van der Waals surface area contributed by atoms with Crippen molar-refractivity contribution in [1.82, 2.24) is 4.57 Å². The molecule has 3 nitrogen and oxygen atoms in total. The highest BCUT2D eigenvalue weighted by Gasteiger charge is 2.52. The molecule has 1 aromatic heterocycles. The Morgan fingerprint density at radius 3 is 1.45 bits per heavy atom. The molecule has 1 unspecified atom stereocenters. The second-order valence-corrected chi connectivity index (χ2v) is 17.3. The number of aromatic nitrogens is 1. The fraction of sp³-hybridized carbons (Fsp3) is 0.0323. The number of anilines is 6. The molecule has 0 N–H and O–H groups in total. The minimum atomic E-state index is -0.598. The molecule has 0 fully saturated rings. The number of nitrogens with zero attached hydrogens (tertiary/aromatic N) is 3. The van der Waals surface area contributed by atoms with Gasteiger partial charge in [-0.25, -0.2) is 0 Å². The molecule has 1 spiro atoms. The molecule has 2 aliphatic rings. The van der Waals surface area contributed by atoms with E-state index in [1.165, 1.54) is 77.4 Å². The summed E-state index contributed by atoms with van der Waals surface area (Å²) in [5.41, 5.74) is 21.2. The standard InChI is InChI=1S/C62H43N3/c1-63-59-33-19-16-30-51(59)54-38-46(35-37-60(54)63)64(43-22-8-3-9-23-43)47-34-36-50-48-28-14-17-31-55(48)62(57(50)39-47)56-32-18-15-29-49(56)53-40-52(42-20-6-2-7-21-42)61(41-58(53)62)65(44-24-10-4-11-25-44)45-26-12-5-13-27-45/h2-41H,1H3. The van der Waals surface area contributed by atoms with Crippen molar-refractivity contribution in [3.8, 4) is 33.4 Å². The summed E-state index contributed by atoms with van der Waals surface area (Å²) in [4.78, 5) is 4.88. The maximum absolute atomic E-state index is 2.53. The van der Waals surface area contributed by atoms with Crippen LogP contribution in [-0.2, 0) is 12.5 Å². The SMILES string of the molecule is Cn1c2ccccc2c2cc(N(c3ccccc3)c3ccc4c(c3)C3(c5ccccc5-4)c4ccccc4-c4cc(-c5ccccc5)c(N(c5ccccc5)c5ccccc5)cc43)ccc21. The summed E-state index contributed by atoms with van der Waals surface area (Å²) in [5, 5.41) is 2.50. The molecule has 0 aliphatic heterocycles. The summed E-state index contributed by atoms with van der Waals surface area (Å²) in [5.74, 6) is 0. The van der Waals surface area contributed by atoms with E-state index in [1.807, 2.05) is 0 Å². The predicted molar refractivity (Wildman–Crippen MR) is 272 cm³/mol. The first-order chi connectivity index (χ1) is 32.2. The first-order valence-corrected chi connectivity index (χ1v) is 22.5. The number of benzene rings is 10. The zero-order chi connectivity index (χ0) is 43.1. The molecular formula is C62H43N3. The Bertz CT molecular complexity index is 3570. The number of aryl methyl sites for hydroxylation is 1. The van der Waals surface area contributed by atoms with Crippen LogP contribution in [0.15, 0.2) is 243 Å². The second-order valence-electron chi connectivity index (χ2n) is 17.3. The van der Waals surface area contributed by atoms with Crippen LogP contribution in [0.3, 0.4) is 0 Å². The van der Waals surface area contributed by atoms with Gasteiger partial charge in [0.2, 0.25) is 0 Å². The van der Waals surface area contributed by atoms with Crippen molar-refractivity contribution >= 4 is 55.9 Å². The third-order valence-corrected chi connectivity index (χ3v) is 14.0. The summed E-state index contributed by atoms with van der Waals surface area (Å²) < 4.78 is 2.31. The van der Waals surface area contributed by atoms with Crippen molar-refractivity contribution in [2.24, 2.45) is 7.05 Å². The monoisotopic (exact) mass is 829 g/mol. The van der Waals surface area contributed by atoms with Gasteiger partial charge in [0.15, 0.2) is 0 Å². The Kier molecular flexibility index (Phi) is 8.34. The smallest absolute Gasteiger partial charge is 0.0727 e. The lowest BCUT2D eigenvalue weighted by atomic mass is 9.70. The lowest BCUT2D eigenvalue weighted by Crippen LogP contribution is -2.26. The molecule has 0 bridgehead atoms. The normalized spacial score (nSPS) is 14.3. The molecule has 0 radical (unpaired) electrons. The Labute approximate surface area is 379 Å². The summed E-state index contributed by atoms with van der Waals surface area (Å²) in [7, 11) is 2.17. The van der Waals surface area contributed by atoms with Crippen LogP contribution in [0.2, 0.25) is 0 Å². The topological polar surface area (TPSA) is 11.4 Å². The van der Waals surface area contributed by atoms with Crippen LogP contribution in [0.1, 0.15) is 22.3 Å². The van der Waals surface area contributed by atoms with Gasteiger partial charge in [0.25, 0.3) is 0 Å². The Morgan fingerprint density at radius 1 is 0.308 bits per heavy atom. The van der Waals surface area contributed by atoms with Crippen molar-refractivity contribution in [3.05, 3.63) is 265 Å². The third kappa shape index (κ3) is 5.49. The number of fused-ring (bicyclic) bond motifs is 13. The van der Waals surface area contributed by atoms with Gasteiger partial charge in [0.1, 0.15) is 0 Å². The maximum Gasteiger partial charge on any atom is 0.0727 e. The van der Waals surface area contributed by atoms with E-state index in [1.54, 1.807) is 0 Å². The molecule has 65 heavy (non-hydrogen) atoms. The molecule has 13 rings (SSSR count). The maximum atomic E-state index is 2.53. The first kappa shape index (κ1) is 37.2. The molecule has 3 heteroatoms. The largest absolute Gasteiger partial charge is 0.344 e. The quantitative estimate of drug-likeness (QED) is 0.159. The van der Waals surface area contributed by atoms with Crippen LogP contribution < -0.4 is 9.80 Å². The van der Waals surface area contributed by atoms with Crippen LogP contribution in [0, 0.1) is 0 Å². The van der Waals surface area contributed by atoms with E-state index in [-0.39, 0.29) is 0 Å². The van der Waals surface area contributed by atoms with Gasteiger partial charge in [0, 0.05) is 62.9 Å². The van der Waals surface area contributed by atoms with E-state index in [9.17, 15) is 0 Å². The highest BCUT2D eigenvalue weighted by atomic mass is 15.2. The van der Waals surface area contributed by atoms with Crippen LogP contribution in [-0.4, -0.2) is 4.57 Å². The van der Waals surface area contributed by atoms with Gasteiger partial charge < -0.3 is 14.4 Å². The molecule has 0 saturated carbocycles. The number of hydrogen-bond donors (Lipinski definition) is 0. The van der Waals surface area contributed by atoms with Crippen molar-refractivity contribution in [1.29, 1.82) is 0 Å². The van der Waals surface area contributed by atoms with Crippen LogP contribution in [0.4, 0.5) is 34.1 Å². The van der Waals surface area contributed by atoms with Crippen LogP contribution in [0.5, 0.6) is 0 Å². The lowest BCUT2D eigenvalue weighted by Gasteiger charge is -2.34. The fourth-order valence-electron chi connectivity index (χ4n) is 11.2. The van der Waals surface area contributed by atoms with E-state index in [4.69, 9.17) is 0 Å². The summed E-state index contributed by atoms with van der Waals surface area (Å²) in [6.07, 6.45) is 0. The number of hydrogen-bond acceptors (Lipinski definition) is 2. The number of para-hydroxylation sites is 4. The van der Waals surface area contributed by atoms with E-state index in [2.05, 4.69) is 264 Å². The third-order valence-electron chi connectivity index (χ3n) is 14.0. The van der Waals surface area contributed by atoms with Gasteiger partial charge in [-0.05, 0) is 135 Å². The molecule has 1 atom stereocenters. The van der Waals surface area contributed by atoms with Gasteiger partial charge in [0.05, 0.1) is 11.1 Å². The van der Waals surface area contributed by atoms with Crippen molar-refractivity contribution < 1.29 is 0 Å². The van der Waals surface area contributed by atoms with Crippen LogP contribution in [0.25, 0.3) is 55.2 Å². The van der Waals surface area contributed by atoms with Gasteiger partial charge in [-0.15, -0.1) is 0 Å². The molecular weight excluding hydrogens is 787 g/mol. The highest BCUT2D eigenvalue weighted by molar-refractivity contribution is 6.10. The molecule has 0 amide bonds. The molecule has 306 valence electrons. The minimum Gasteiger partial charge on any atom is -0.344 e. The zero-order valence-corrected chi connectivity index (χ0v) is 35.9. The van der Waals surface area contributed by atoms with Gasteiger partial charge in [-0.2, -0.15) is 0 Å². The van der Waals surface area contributed by atoms with Gasteiger partial charge in [-0.1, -0.05) is 158 Å². The summed E-state index contributed by atoms with van der Waals surface area (Å²) in [6.45, 7) is 0. The Morgan fingerprint density at radius 2 is 0.785 bits per heavy atom. The van der Waals surface area contributed by atoms with E-state index in [0.29, 0.717) is 0 Å². The predicted octanol–water partition coefficient (Wildman–Crippen LogP) is 16.3. The summed E-state index contributed by atoms with van der Waals surface area (Å²) in [6, 6.07) is 89.5. The minimum absolute atomic E-state index is 0.598. The molecule has 11 aromatic rings. The van der Waals surface area contributed by atoms with Crippen LogP contribution >= 0.6 is 0 Å². The lowest BCUT2D eigenvalue weighted by molar-refractivity contribution is 0.793. The summed E-state index contributed by atoms with van der Waals surface area (Å²) >= 11 is 0. The molecule has 0 saturated heterocycles. The van der Waals surface area contributed by atoms with Gasteiger partial charge in [-0.3, -0.25) is 0 Å². The van der Waals surface area contributed by atoms with E-state index in [0.717, 1.165) is 34.1 Å². The van der Waals surface area contributed by atoms with E-state index < -0.39 is 5.41 Å². The average molecular weight is 830 g/mol. The second kappa shape index (κ2) is 14.6. The molecule has 1 heterocycles. The first-order valence-electron chi connectivity index (χ1n) is 22.5. The molecule has 10 aromatic carbocycles. The Balaban J connectivity index is 1.10. The molecule has 2 aliphatic carbocycles. The highest BCUT2D eigenvalue weighted by Crippen LogP contribution is 2.65. The Hall–Kier alpha value is -8.40. The van der Waals surface area contributed by atoms with E-state index >= 15 is 0 Å².